The minimum atomic E-state index is -4.72. The zero-order valence-corrected chi connectivity index (χ0v) is 11.0. The number of aliphatic hydroxyl groups excluding tert-OH is 1. The van der Waals surface area contributed by atoms with E-state index >= 15 is 0 Å². The predicted molar refractivity (Wildman–Crippen MR) is 64.6 cm³/mol. The molecule has 2 N–H and O–H groups in total. The molecule has 2 atom stereocenters. The number of carbonyl (C=O) groups excluding carboxylic acids is 1. The lowest BCUT2D eigenvalue weighted by Gasteiger charge is -2.19. The summed E-state index contributed by atoms with van der Waals surface area (Å²) in [4.78, 5) is 11.8. The van der Waals surface area contributed by atoms with E-state index in [1.165, 1.54) is 0 Å². The number of carbonyl (C=O) groups is 1. The van der Waals surface area contributed by atoms with Crippen molar-refractivity contribution in [3.63, 3.8) is 0 Å². The van der Waals surface area contributed by atoms with Crippen LogP contribution in [0.1, 0.15) is 29.8 Å². The SMILES string of the molecule is CC(CO)C(C)NC(=O)c1cc(F)cc(C(F)(F)F)c1. The highest BCUT2D eigenvalue weighted by atomic mass is 19.4. The molecular weight excluding hydrogens is 278 g/mol. The summed E-state index contributed by atoms with van der Waals surface area (Å²) >= 11 is 0. The smallest absolute Gasteiger partial charge is 0.396 e. The Kier molecular flexibility index (Phi) is 5.10. The number of rotatable bonds is 4. The molecule has 0 aliphatic carbocycles. The van der Waals surface area contributed by atoms with Crippen molar-refractivity contribution >= 4 is 5.91 Å². The van der Waals surface area contributed by atoms with Crippen LogP contribution in [0.5, 0.6) is 0 Å². The summed E-state index contributed by atoms with van der Waals surface area (Å²) in [5, 5.41) is 11.3. The Balaban J connectivity index is 2.97. The molecule has 1 amide bonds. The number of nitrogens with one attached hydrogen (secondary N) is 1. The molecule has 0 spiro atoms. The van der Waals surface area contributed by atoms with Crippen molar-refractivity contribution in [2.24, 2.45) is 5.92 Å². The maximum Gasteiger partial charge on any atom is 0.416 e. The summed E-state index contributed by atoms with van der Waals surface area (Å²) in [7, 11) is 0. The van der Waals surface area contributed by atoms with E-state index in [1.54, 1.807) is 13.8 Å². The molecular formula is C13H15F4NO2. The molecule has 0 saturated carbocycles. The van der Waals surface area contributed by atoms with Gasteiger partial charge in [-0.15, -0.1) is 0 Å². The molecule has 0 aliphatic rings. The van der Waals surface area contributed by atoms with Crippen LogP contribution in [0.4, 0.5) is 17.6 Å². The van der Waals surface area contributed by atoms with Crippen molar-refractivity contribution in [2.75, 3.05) is 6.61 Å². The molecule has 3 nitrogen and oxygen atoms in total. The number of amides is 1. The van der Waals surface area contributed by atoms with Crippen molar-refractivity contribution < 1.29 is 27.5 Å². The Hall–Kier alpha value is -1.63. The molecule has 2 unspecified atom stereocenters. The monoisotopic (exact) mass is 293 g/mol. The number of aliphatic hydroxyl groups is 1. The standard InChI is InChI=1S/C13H15F4NO2/c1-7(6-19)8(2)18-12(20)9-3-10(13(15,16)17)5-11(14)4-9/h3-5,7-8,19H,6H2,1-2H3,(H,18,20). The Morgan fingerprint density at radius 3 is 2.40 bits per heavy atom. The average molecular weight is 293 g/mol. The summed E-state index contributed by atoms with van der Waals surface area (Å²) in [6.45, 7) is 3.08. The van der Waals surface area contributed by atoms with Crippen LogP contribution in [0.15, 0.2) is 18.2 Å². The Morgan fingerprint density at radius 1 is 1.30 bits per heavy atom. The number of halogens is 4. The number of hydrogen-bond donors (Lipinski definition) is 2. The molecule has 7 heteroatoms. The third kappa shape index (κ3) is 4.19. The zero-order valence-electron chi connectivity index (χ0n) is 11.0. The summed E-state index contributed by atoms with van der Waals surface area (Å²) in [5.41, 5.74) is -1.63. The van der Waals surface area contributed by atoms with Crippen LogP contribution in [0, 0.1) is 11.7 Å². The van der Waals surface area contributed by atoms with Gasteiger partial charge >= 0.3 is 6.18 Å². The Morgan fingerprint density at radius 2 is 1.90 bits per heavy atom. The van der Waals surface area contributed by atoms with Gasteiger partial charge in [-0.2, -0.15) is 13.2 Å². The Bertz CT molecular complexity index is 488. The van der Waals surface area contributed by atoms with E-state index in [2.05, 4.69) is 5.32 Å². The van der Waals surface area contributed by atoms with Gasteiger partial charge in [0.15, 0.2) is 0 Å². The van der Waals surface area contributed by atoms with E-state index in [0.29, 0.717) is 12.1 Å². The van der Waals surface area contributed by atoms with Gasteiger partial charge in [-0.25, -0.2) is 4.39 Å². The van der Waals surface area contributed by atoms with E-state index in [0.717, 1.165) is 6.07 Å². The number of hydrogen-bond acceptors (Lipinski definition) is 2. The lowest BCUT2D eigenvalue weighted by atomic mass is 10.0. The number of alkyl halides is 3. The topological polar surface area (TPSA) is 49.3 Å². The first kappa shape index (κ1) is 16.4. The highest BCUT2D eigenvalue weighted by Gasteiger charge is 2.32. The van der Waals surface area contributed by atoms with Crippen LogP contribution in [0.2, 0.25) is 0 Å². The zero-order chi connectivity index (χ0) is 15.5. The molecule has 0 aromatic heterocycles. The van der Waals surface area contributed by atoms with Gasteiger partial charge < -0.3 is 10.4 Å². The fraction of sp³-hybridized carbons (Fsp3) is 0.462. The molecule has 0 aliphatic heterocycles. The second kappa shape index (κ2) is 6.21. The summed E-state index contributed by atoms with van der Waals surface area (Å²) in [5.74, 6) is -2.22. The van der Waals surface area contributed by atoms with Crippen molar-refractivity contribution in [3.8, 4) is 0 Å². The first-order valence-corrected chi connectivity index (χ1v) is 5.94. The summed E-state index contributed by atoms with van der Waals surface area (Å²) < 4.78 is 50.7. The molecule has 0 saturated heterocycles. The van der Waals surface area contributed by atoms with Gasteiger partial charge in [-0.05, 0) is 31.0 Å². The van der Waals surface area contributed by atoms with Gasteiger partial charge in [0.1, 0.15) is 5.82 Å². The van der Waals surface area contributed by atoms with Crippen LogP contribution >= 0.6 is 0 Å². The molecule has 0 heterocycles. The molecule has 0 radical (unpaired) electrons. The van der Waals surface area contributed by atoms with Gasteiger partial charge in [-0.3, -0.25) is 4.79 Å². The van der Waals surface area contributed by atoms with Gasteiger partial charge in [0.2, 0.25) is 0 Å². The minimum absolute atomic E-state index is 0.182. The van der Waals surface area contributed by atoms with E-state index in [-0.39, 0.29) is 12.5 Å². The first-order valence-electron chi connectivity index (χ1n) is 5.94. The third-order valence-electron chi connectivity index (χ3n) is 2.99. The van der Waals surface area contributed by atoms with E-state index in [1.807, 2.05) is 0 Å². The molecule has 112 valence electrons. The maximum atomic E-state index is 13.2. The first-order chi connectivity index (χ1) is 9.15. The van der Waals surface area contributed by atoms with Crippen molar-refractivity contribution in [1.29, 1.82) is 0 Å². The van der Waals surface area contributed by atoms with Crippen molar-refractivity contribution in [3.05, 3.63) is 35.1 Å². The second-order valence-corrected chi connectivity index (χ2v) is 4.65. The molecule has 0 bridgehead atoms. The summed E-state index contributed by atoms with van der Waals surface area (Å²) in [6.07, 6.45) is -4.72. The highest BCUT2D eigenvalue weighted by Crippen LogP contribution is 2.30. The molecule has 1 aromatic carbocycles. The average Bonchev–Trinajstić information content (AvgIpc) is 2.35. The van der Waals surface area contributed by atoms with Crippen LogP contribution in [-0.4, -0.2) is 23.7 Å². The van der Waals surface area contributed by atoms with E-state index < -0.39 is 35.1 Å². The van der Waals surface area contributed by atoms with Crippen molar-refractivity contribution in [1.82, 2.24) is 5.32 Å². The molecule has 1 rings (SSSR count). The molecule has 20 heavy (non-hydrogen) atoms. The fourth-order valence-electron chi connectivity index (χ4n) is 1.47. The van der Waals surface area contributed by atoms with Gasteiger partial charge in [0, 0.05) is 18.2 Å². The Labute approximate surface area is 113 Å². The van der Waals surface area contributed by atoms with Crippen LogP contribution in [0.25, 0.3) is 0 Å². The van der Waals surface area contributed by atoms with Gasteiger partial charge in [-0.1, -0.05) is 6.92 Å². The number of benzene rings is 1. The van der Waals surface area contributed by atoms with Crippen molar-refractivity contribution in [2.45, 2.75) is 26.1 Å². The normalized spacial score (nSPS) is 14.8. The maximum absolute atomic E-state index is 13.2. The fourth-order valence-corrected chi connectivity index (χ4v) is 1.47. The largest absolute Gasteiger partial charge is 0.416 e. The van der Waals surface area contributed by atoms with Gasteiger partial charge in [0.25, 0.3) is 5.91 Å². The van der Waals surface area contributed by atoms with E-state index in [4.69, 9.17) is 5.11 Å². The predicted octanol–water partition coefficient (Wildman–Crippen LogP) is 2.59. The highest BCUT2D eigenvalue weighted by molar-refractivity contribution is 5.94. The second-order valence-electron chi connectivity index (χ2n) is 4.65. The third-order valence-corrected chi connectivity index (χ3v) is 2.99. The van der Waals surface area contributed by atoms with Gasteiger partial charge in [0.05, 0.1) is 5.56 Å². The lowest BCUT2D eigenvalue weighted by Crippen LogP contribution is -2.38. The summed E-state index contributed by atoms with van der Waals surface area (Å²) in [6, 6.07) is 1.21. The molecule has 0 fully saturated rings. The minimum Gasteiger partial charge on any atom is -0.396 e. The van der Waals surface area contributed by atoms with Crippen LogP contribution in [0.3, 0.4) is 0 Å². The quantitative estimate of drug-likeness (QED) is 0.838. The van der Waals surface area contributed by atoms with E-state index in [9.17, 15) is 22.4 Å². The van der Waals surface area contributed by atoms with Crippen LogP contribution in [-0.2, 0) is 6.18 Å². The lowest BCUT2D eigenvalue weighted by molar-refractivity contribution is -0.137. The molecule has 1 aromatic rings. The van der Waals surface area contributed by atoms with Crippen LogP contribution < -0.4 is 5.32 Å².